The molecule has 2 atom stereocenters. The molecular weight excluding hydrogens is 236 g/mol. The maximum atomic E-state index is 6.27. The summed E-state index contributed by atoms with van der Waals surface area (Å²) >= 11 is 0. The molecule has 0 fully saturated rings. The summed E-state index contributed by atoms with van der Waals surface area (Å²) in [5.41, 5.74) is 10.7. The summed E-state index contributed by atoms with van der Waals surface area (Å²) < 4.78 is 6.06. The van der Waals surface area contributed by atoms with E-state index in [0.29, 0.717) is 0 Å². The highest BCUT2D eigenvalue weighted by Gasteiger charge is 2.27. The van der Waals surface area contributed by atoms with Gasteiger partial charge in [0.15, 0.2) is 0 Å². The molecule has 2 aromatic rings. The predicted octanol–water partition coefficient (Wildman–Crippen LogP) is 3.22. The van der Waals surface area contributed by atoms with E-state index in [1.165, 1.54) is 5.56 Å². The van der Waals surface area contributed by atoms with Gasteiger partial charge in [0.05, 0.1) is 0 Å². The summed E-state index contributed by atoms with van der Waals surface area (Å²) in [4.78, 5) is 4.33. The molecule has 0 saturated carbocycles. The first-order valence-electron chi connectivity index (χ1n) is 6.59. The number of fused-ring (bicyclic) bond motifs is 1. The molecule has 2 heterocycles. The number of hydrogen-bond donors (Lipinski definition) is 1. The minimum atomic E-state index is -0.00157. The molecule has 2 N–H and O–H groups in total. The van der Waals surface area contributed by atoms with Crippen molar-refractivity contribution in [1.29, 1.82) is 0 Å². The first-order chi connectivity index (χ1) is 9.13. The maximum Gasteiger partial charge on any atom is 0.127 e. The zero-order valence-corrected chi connectivity index (χ0v) is 11.3. The largest absolute Gasteiger partial charge is 0.485 e. The van der Waals surface area contributed by atoms with E-state index in [1.54, 1.807) is 0 Å². The van der Waals surface area contributed by atoms with Crippen LogP contribution in [0.4, 0.5) is 0 Å². The van der Waals surface area contributed by atoms with E-state index >= 15 is 0 Å². The molecule has 1 aliphatic heterocycles. The van der Waals surface area contributed by atoms with Gasteiger partial charge in [0.1, 0.15) is 11.9 Å². The number of pyridine rings is 1. The van der Waals surface area contributed by atoms with E-state index in [-0.39, 0.29) is 12.1 Å². The molecule has 0 saturated heterocycles. The average molecular weight is 254 g/mol. The van der Waals surface area contributed by atoms with Crippen LogP contribution < -0.4 is 10.5 Å². The third kappa shape index (κ3) is 2.34. The van der Waals surface area contributed by atoms with E-state index in [0.717, 1.165) is 29.0 Å². The number of benzene rings is 1. The topological polar surface area (TPSA) is 48.1 Å². The number of hydrogen-bond acceptors (Lipinski definition) is 3. The third-order valence-electron chi connectivity index (χ3n) is 3.61. The fourth-order valence-electron chi connectivity index (χ4n) is 2.50. The average Bonchev–Trinajstić information content (AvgIpc) is 2.40. The molecular formula is C16H18N2O. The van der Waals surface area contributed by atoms with E-state index < -0.39 is 0 Å². The second-order valence-corrected chi connectivity index (χ2v) is 5.22. The van der Waals surface area contributed by atoms with Crippen molar-refractivity contribution in [2.75, 3.05) is 0 Å². The Kier molecular flexibility index (Phi) is 2.99. The summed E-state index contributed by atoms with van der Waals surface area (Å²) in [6.45, 7) is 4.05. The van der Waals surface area contributed by atoms with Crippen molar-refractivity contribution in [3.8, 4) is 5.75 Å². The zero-order chi connectivity index (χ0) is 13.4. The van der Waals surface area contributed by atoms with Crippen molar-refractivity contribution in [3.63, 3.8) is 0 Å². The molecule has 98 valence electrons. The SMILES string of the molecule is Cc1ccc2c(c1)[C@@H](N)CC(c1ccc(C)nc1)O2. The summed E-state index contributed by atoms with van der Waals surface area (Å²) in [5, 5.41) is 0. The van der Waals surface area contributed by atoms with Crippen LogP contribution in [-0.2, 0) is 0 Å². The van der Waals surface area contributed by atoms with Crippen molar-refractivity contribution in [3.05, 3.63) is 58.9 Å². The van der Waals surface area contributed by atoms with Crippen LogP contribution in [0.5, 0.6) is 5.75 Å². The molecule has 0 spiro atoms. The summed E-state index contributed by atoms with van der Waals surface area (Å²) in [7, 11) is 0. The number of nitrogens with two attached hydrogens (primary N) is 1. The number of rotatable bonds is 1. The fourth-order valence-corrected chi connectivity index (χ4v) is 2.50. The lowest BCUT2D eigenvalue weighted by Gasteiger charge is -2.30. The van der Waals surface area contributed by atoms with Crippen molar-refractivity contribution in [2.45, 2.75) is 32.4 Å². The van der Waals surface area contributed by atoms with Crippen molar-refractivity contribution >= 4 is 0 Å². The molecule has 1 aromatic carbocycles. The molecule has 19 heavy (non-hydrogen) atoms. The monoisotopic (exact) mass is 254 g/mol. The Bertz CT molecular complexity index is 592. The van der Waals surface area contributed by atoms with Crippen LogP contribution in [0.15, 0.2) is 36.5 Å². The van der Waals surface area contributed by atoms with Gasteiger partial charge in [0, 0.05) is 35.5 Å². The molecule has 0 amide bonds. The second-order valence-electron chi connectivity index (χ2n) is 5.22. The lowest BCUT2D eigenvalue weighted by Crippen LogP contribution is -2.24. The normalized spacial score (nSPS) is 21.6. The van der Waals surface area contributed by atoms with Crippen molar-refractivity contribution in [2.24, 2.45) is 5.73 Å². The van der Waals surface area contributed by atoms with Gasteiger partial charge in [0.25, 0.3) is 0 Å². The Labute approximate surface area is 113 Å². The number of aromatic nitrogens is 1. The Hall–Kier alpha value is -1.87. The van der Waals surface area contributed by atoms with Crippen LogP contribution in [0, 0.1) is 13.8 Å². The van der Waals surface area contributed by atoms with Gasteiger partial charge in [-0.15, -0.1) is 0 Å². The Balaban J connectivity index is 1.92. The van der Waals surface area contributed by atoms with Crippen LogP contribution in [0.3, 0.4) is 0 Å². The van der Waals surface area contributed by atoms with Gasteiger partial charge in [-0.1, -0.05) is 23.8 Å². The molecule has 0 bridgehead atoms. The van der Waals surface area contributed by atoms with Gasteiger partial charge in [-0.2, -0.15) is 0 Å². The summed E-state index contributed by atoms with van der Waals surface area (Å²) in [6.07, 6.45) is 2.67. The molecule has 3 nitrogen and oxygen atoms in total. The quantitative estimate of drug-likeness (QED) is 0.850. The van der Waals surface area contributed by atoms with Crippen LogP contribution >= 0.6 is 0 Å². The minimum Gasteiger partial charge on any atom is -0.485 e. The summed E-state index contributed by atoms with van der Waals surface area (Å²) in [5.74, 6) is 0.898. The smallest absolute Gasteiger partial charge is 0.127 e. The van der Waals surface area contributed by atoms with Crippen LogP contribution in [0.25, 0.3) is 0 Å². The number of aryl methyl sites for hydroxylation is 2. The van der Waals surface area contributed by atoms with Crippen molar-refractivity contribution < 1.29 is 4.74 Å². The Morgan fingerprint density at radius 3 is 2.79 bits per heavy atom. The molecule has 0 aliphatic carbocycles. The van der Waals surface area contributed by atoms with E-state index in [1.807, 2.05) is 25.3 Å². The molecule has 0 radical (unpaired) electrons. The minimum absolute atomic E-state index is 0.00157. The van der Waals surface area contributed by atoms with Gasteiger partial charge < -0.3 is 10.5 Å². The molecule has 1 aromatic heterocycles. The predicted molar refractivity (Wildman–Crippen MR) is 75.1 cm³/mol. The highest BCUT2D eigenvalue weighted by atomic mass is 16.5. The zero-order valence-electron chi connectivity index (χ0n) is 11.3. The van der Waals surface area contributed by atoms with Gasteiger partial charge in [0.2, 0.25) is 0 Å². The van der Waals surface area contributed by atoms with Crippen LogP contribution in [-0.4, -0.2) is 4.98 Å². The van der Waals surface area contributed by atoms with Crippen molar-refractivity contribution in [1.82, 2.24) is 4.98 Å². The highest BCUT2D eigenvalue weighted by molar-refractivity contribution is 5.41. The third-order valence-corrected chi connectivity index (χ3v) is 3.61. The van der Waals surface area contributed by atoms with Gasteiger partial charge in [-0.3, -0.25) is 4.98 Å². The molecule has 1 unspecified atom stereocenters. The van der Waals surface area contributed by atoms with Gasteiger partial charge >= 0.3 is 0 Å². The van der Waals surface area contributed by atoms with Gasteiger partial charge in [-0.05, 0) is 26.0 Å². The Morgan fingerprint density at radius 2 is 2.05 bits per heavy atom. The van der Waals surface area contributed by atoms with E-state index in [9.17, 15) is 0 Å². The molecule has 3 heteroatoms. The lowest BCUT2D eigenvalue weighted by molar-refractivity contribution is 0.161. The summed E-state index contributed by atoms with van der Waals surface area (Å²) in [6, 6.07) is 10.3. The first-order valence-corrected chi connectivity index (χ1v) is 6.59. The van der Waals surface area contributed by atoms with Crippen LogP contribution in [0.1, 0.15) is 41.0 Å². The second kappa shape index (κ2) is 4.67. The van der Waals surface area contributed by atoms with Gasteiger partial charge in [-0.25, -0.2) is 0 Å². The van der Waals surface area contributed by atoms with E-state index in [4.69, 9.17) is 10.5 Å². The van der Waals surface area contributed by atoms with E-state index in [2.05, 4.69) is 30.1 Å². The molecule has 1 aliphatic rings. The fraction of sp³-hybridized carbons (Fsp3) is 0.312. The molecule has 3 rings (SSSR count). The highest BCUT2D eigenvalue weighted by Crippen LogP contribution is 2.39. The number of nitrogens with zero attached hydrogens (tertiary/aromatic N) is 1. The number of ether oxygens (including phenoxy) is 1. The maximum absolute atomic E-state index is 6.27. The van der Waals surface area contributed by atoms with Crippen LogP contribution in [0.2, 0.25) is 0 Å². The first kappa shape index (κ1) is 12.2. The standard InChI is InChI=1S/C16H18N2O/c1-10-3-6-15-13(7-10)14(17)8-16(19-15)12-5-4-11(2)18-9-12/h3-7,9,14,16H,8,17H2,1-2H3/t14-,16?/m0/s1. The Morgan fingerprint density at radius 1 is 1.21 bits per heavy atom. The lowest BCUT2D eigenvalue weighted by atomic mass is 9.93.